The van der Waals surface area contributed by atoms with Gasteiger partial charge in [0.25, 0.3) is 5.56 Å². The van der Waals surface area contributed by atoms with Crippen LogP contribution in [-0.2, 0) is 6.42 Å². The highest BCUT2D eigenvalue weighted by atomic mass is 16.1. The van der Waals surface area contributed by atoms with Gasteiger partial charge < -0.3 is 10.3 Å². The third kappa shape index (κ3) is 1.85. The van der Waals surface area contributed by atoms with Crippen LogP contribution in [0, 0.1) is 0 Å². The number of anilines is 1. The summed E-state index contributed by atoms with van der Waals surface area (Å²) in [5, 5.41) is 3.16. The summed E-state index contributed by atoms with van der Waals surface area (Å²) in [4.78, 5) is 26.6. The first-order valence-electron chi connectivity index (χ1n) is 6.28. The zero-order valence-corrected chi connectivity index (χ0v) is 10.6. The molecule has 96 valence electrons. The van der Waals surface area contributed by atoms with Gasteiger partial charge in [-0.2, -0.15) is 0 Å². The van der Waals surface area contributed by atoms with Gasteiger partial charge in [0.2, 0.25) is 0 Å². The third-order valence-electron chi connectivity index (χ3n) is 3.41. The Morgan fingerprint density at radius 1 is 1.21 bits per heavy atom. The van der Waals surface area contributed by atoms with Crippen LogP contribution in [0.15, 0.2) is 35.1 Å². The molecule has 1 aromatic carbocycles. The van der Waals surface area contributed by atoms with Gasteiger partial charge >= 0.3 is 0 Å². The van der Waals surface area contributed by atoms with E-state index < -0.39 is 0 Å². The van der Waals surface area contributed by atoms with Crippen molar-refractivity contribution in [3.8, 4) is 11.3 Å². The Kier molecular flexibility index (Phi) is 2.71. The molecule has 0 atom stereocenters. The number of aromatic amines is 1. The largest absolute Gasteiger partial charge is 0.384 e. The highest BCUT2D eigenvalue weighted by molar-refractivity contribution is 6.01. The average Bonchev–Trinajstić information content (AvgIpc) is 2.87. The molecule has 1 aliphatic heterocycles. The summed E-state index contributed by atoms with van der Waals surface area (Å²) in [6.07, 6.45) is 0.816. The average molecular weight is 254 g/mol. The summed E-state index contributed by atoms with van der Waals surface area (Å²) < 4.78 is 0. The van der Waals surface area contributed by atoms with Crippen molar-refractivity contribution < 1.29 is 4.79 Å². The van der Waals surface area contributed by atoms with Crippen LogP contribution in [0.2, 0.25) is 0 Å². The van der Waals surface area contributed by atoms with Crippen molar-refractivity contribution >= 4 is 11.5 Å². The molecule has 2 heterocycles. The number of rotatable bonds is 2. The minimum absolute atomic E-state index is 0.202. The predicted molar refractivity (Wildman–Crippen MR) is 74.7 cm³/mol. The van der Waals surface area contributed by atoms with Crippen LogP contribution in [0.5, 0.6) is 0 Å². The summed E-state index contributed by atoms with van der Waals surface area (Å²) >= 11 is 0. The topological polar surface area (TPSA) is 62.0 Å². The molecule has 19 heavy (non-hydrogen) atoms. The molecule has 0 radical (unpaired) electrons. The van der Waals surface area contributed by atoms with Gasteiger partial charge in [0.05, 0.1) is 11.4 Å². The highest BCUT2D eigenvalue weighted by Crippen LogP contribution is 2.32. The number of hydrogen-bond acceptors (Lipinski definition) is 3. The Morgan fingerprint density at radius 2 is 1.95 bits per heavy atom. The monoisotopic (exact) mass is 254 g/mol. The van der Waals surface area contributed by atoms with Gasteiger partial charge in [-0.15, -0.1) is 0 Å². The summed E-state index contributed by atoms with van der Waals surface area (Å²) in [7, 11) is 0. The molecule has 0 saturated heterocycles. The van der Waals surface area contributed by atoms with Crippen molar-refractivity contribution in [2.75, 3.05) is 11.9 Å². The van der Waals surface area contributed by atoms with Crippen LogP contribution in [0.1, 0.15) is 22.8 Å². The van der Waals surface area contributed by atoms with E-state index in [-0.39, 0.29) is 16.9 Å². The van der Waals surface area contributed by atoms with Crippen molar-refractivity contribution in [2.24, 2.45) is 0 Å². The van der Waals surface area contributed by atoms with Gasteiger partial charge in [0, 0.05) is 12.1 Å². The standard InChI is InChI=1S/C15H14N2O2/c1-9(18)12-14-11(7-8-16-14)13(17-15(12)19)10-5-3-2-4-6-10/h2-6,16H,7-8H2,1H3,(H,17,19). The second-order valence-corrected chi connectivity index (χ2v) is 4.66. The Bertz CT molecular complexity index is 702. The maximum atomic E-state index is 12.1. The van der Waals surface area contributed by atoms with Crippen molar-refractivity contribution in [3.05, 3.63) is 51.8 Å². The van der Waals surface area contributed by atoms with E-state index in [1.807, 2.05) is 30.3 Å². The van der Waals surface area contributed by atoms with E-state index in [0.29, 0.717) is 5.69 Å². The van der Waals surface area contributed by atoms with Crippen LogP contribution >= 0.6 is 0 Å². The van der Waals surface area contributed by atoms with Gasteiger partial charge in [0.1, 0.15) is 5.56 Å². The van der Waals surface area contributed by atoms with Crippen molar-refractivity contribution in [3.63, 3.8) is 0 Å². The number of aromatic nitrogens is 1. The van der Waals surface area contributed by atoms with Gasteiger partial charge in [-0.1, -0.05) is 30.3 Å². The Morgan fingerprint density at radius 3 is 2.63 bits per heavy atom. The zero-order valence-electron chi connectivity index (χ0n) is 10.6. The lowest BCUT2D eigenvalue weighted by Crippen LogP contribution is -2.19. The Balaban J connectivity index is 2.30. The van der Waals surface area contributed by atoms with Gasteiger partial charge in [-0.05, 0) is 18.9 Å². The van der Waals surface area contributed by atoms with Crippen LogP contribution in [-0.4, -0.2) is 17.3 Å². The van der Waals surface area contributed by atoms with Crippen molar-refractivity contribution in [2.45, 2.75) is 13.3 Å². The van der Waals surface area contributed by atoms with E-state index in [2.05, 4.69) is 10.3 Å². The van der Waals surface area contributed by atoms with Gasteiger partial charge in [-0.25, -0.2) is 0 Å². The lowest BCUT2D eigenvalue weighted by Gasteiger charge is -2.10. The van der Waals surface area contributed by atoms with Gasteiger partial charge in [0.15, 0.2) is 5.78 Å². The number of hydrogen-bond donors (Lipinski definition) is 2. The molecule has 0 fully saturated rings. The molecule has 1 aromatic heterocycles. The molecular formula is C15H14N2O2. The maximum absolute atomic E-state index is 12.1. The van der Waals surface area contributed by atoms with Gasteiger partial charge in [-0.3, -0.25) is 9.59 Å². The first-order chi connectivity index (χ1) is 9.18. The molecule has 0 unspecified atom stereocenters. The van der Waals surface area contributed by atoms with E-state index in [0.717, 1.165) is 29.8 Å². The second-order valence-electron chi connectivity index (χ2n) is 4.66. The minimum atomic E-state index is -0.320. The normalized spacial score (nSPS) is 12.9. The SMILES string of the molecule is CC(=O)c1c2c(c(-c3ccccc3)[nH]c1=O)CCN2. The van der Waals surface area contributed by atoms with E-state index in [4.69, 9.17) is 0 Å². The molecule has 2 aromatic rings. The molecule has 2 N–H and O–H groups in total. The molecule has 0 saturated carbocycles. The van der Waals surface area contributed by atoms with Crippen molar-refractivity contribution in [1.82, 2.24) is 4.98 Å². The highest BCUT2D eigenvalue weighted by Gasteiger charge is 2.24. The molecule has 0 aliphatic carbocycles. The molecule has 1 aliphatic rings. The quantitative estimate of drug-likeness (QED) is 0.808. The molecule has 0 bridgehead atoms. The molecular weight excluding hydrogens is 240 g/mol. The fourth-order valence-electron chi connectivity index (χ4n) is 2.59. The first-order valence-corrected chi connectivity index (χ1v) is 6.28. The van der Waals surface area contributed by atoms with Crippen LogP contribution in [0.3, 0.4) is 0 Å². The van der Waals surface area contributed by atoms with E-state index in [9.17, 15) is 9.59 Å². The number of Topliss-reactive ketones (excluding diaryl/α,β-unsaturated/α-hetero) is 1. The zero-order chi connectivity index (χ0) is 13.4. The number of ketones is 1. The van der Waals surface area contributed by atoms with E-state index in [1.165, 1.54) is 6.92 Å². The number of carbonyl (C=O) groups excluding carboxylic acids is 1. The Hall–Kier alpha value is -2.36. The molecule has 3 rings (SSSR count). The fraction of sp³-hybridized carbons (Fsp3) is 0.200. The number of nitrogens with one attached hydrogen (secondary N) is 2. The smallest absolute Gasteiger partial charge is 0.261 e. The summed E-state index contributed by atoms with van der Waals surface area (Å²) in [5.74, 6) is -0.202. The molecule has 4 heteroatoms. The summed E-state index contributed by atoms with van der Waals surface area (Å²) in [6.45, 7) is 2.18. The van der Waals surface area contributed by atoms with Crippen LogP contribution in [0.4, 0.5) is 5.69 Å². The number of pyridine rings is 1. The number of H-pyrrole nitrogens is 1. The third-order valence-corrected chi connectivity index (χ3v) is 3.41. The van der Waals surface area contributed by atoms with E-state index >= 15 is 0 Å². The minimum Gasteiger partial charge on any atom is -0.384 e. The van der Waals surface area contributed by atoms with Crippen molar-refractivity contribution in [1.29, 1.82) is 0 Å². The predicted octanol–water partition coefficient (Wildman–Crippen LogP) is 2.21. The first kappa shape index (κ1) is 11.7. The summed E-state index contributed by atoms with van der Waals surface area (Å²) in [5.41, 5.74) is 3.43. The maximum Gasteiger partial charge on any atom is 0.261 e. The lowest BCUT2D eigenvalue weighted by atomic mass is 10.0. The number of benzene rings is 1. The number of carbonyl (C=O) groups is 1. The second kappa shape index (κ2) is 4.39. The van der Waals surface area contributed by atoms with Crippen LogP contribution in [0.25, 0.3) is 11.3 Å². The molecule has 0 spiro atoms. The van der Waals surface area contributed by atoms with Crippen LogP contribution < -0.4 is 10.9 Å². The fourth-order valence-corrected chi connectivity index (χ4v) is 2.59. The Labute approximate surface area is 110 Å². The lowest BCUT2D eigenvalue weighted by molar-refractivity contribution is 0.101. The molecule has 4 nitrogen and oxygen atoms in total. The van der Waals surface area contributed by atoms with E-state index in [1.54, 1.807) is 0 Å². The number of fused-ring (bicyclic) bond motifs is 1. The molecule has 0 amide bonds. The summed E-state index contributed by atoms with van der Waals surface area (Å²) in [6, 6.07) is 9.71.